The summed E-state index contributed by atoms with van der Waals surface area (Å²) in [4.78, 5) is 14.0. The Kier molecular flexibility index (Phi) is 7.01. The van der Waals surface area contributed by atoms with Crippen LogP contribution in [0.4, 0.5) is 4.39 Å². The van der Waals surface area contributed by atoms with Gasteiger partial charge in [0.25, 0.3) is 0 Å². The molecule has 0 saturated carbocycles. The van der Waals surface area contributed by atoms with Crippen molar-refractivity contribution in [3.05, 3.63) is 35.6 Å². The van der Waals surface area contributed by atoms with Crippen molar-refractivity contribution in [3.8, 4) is 0 Å². The summed E-state index contributed by atoms with van der Waals surface area (Å²) in [5.74, 6) is -0.286. The summed E-state index contributed by atoms with van der Waals surface area (Å²) in [7, 11) is 0. The highest BCUT2D eigenvalue weighted by Crippen LogP contribution is 2.19. The van der Waals surface area contributed by atoms with Gasteiger partial charge in [-0.15, -0.1) is 12.4 Å². The molecule has 1 rings (SSSR count). The second kappa shape index (κ2) is 7.46. The molecule has 5 heteroatoms. The number of amides is 1. The number of nitrogens with zero attached hydrogens (tertiary/aromatic N) is 1. The van der Waals surface area contributed by atoms with Gasteiger partial charge in [-0.2, -0.15) is 0 Å². The lowest BCUT2D eigenvalue weighted by Crippen LogP contribution is -2.44. The van der Waals surface area contributed by atoms with Crippen molar-refractivity contribution < 1.29 is 9.18 Å². The lowest BCUT2D eigenvalue weighted by atomic mass is 9.91. The van der Waals surface area contributed by atoms with Gasteiger partial charge in [0.05, 0.1) is 5.41 Å². The number of benzene rings is 1. The van der Waals surface area contributed by atoms with Gasteiger partial charge in [-0.3, -0.25) is 4.79 Å². The van der Waals surface area contributed by atoms with Gasteiger partial charge in [0, 0.05) is 19.6 Å². The number of halogens is 2. The van der Waals surface area contributed by atoms with Crippen molar-refractivity contribution in [1.82, 2.24) is 4.90 Å². The first-order chi connectivity index (χ1) is 8.40. The van der Waals surface area contributed by atoms with Crippen LogP contribution in [0.15, 0.2) is 24.3 Å². The highest BCUT2D eigenvalue weighted by atomic mass is 35.5. The summed E-state index contributed by atoms with van der Waals surface area (Å²) < 4.78 is 13.1. The third kappa shape index (κ3) is 4.80. The molecule has 2 N–H and O–H groups in total. The summed E-state index contributed by atoms with van der Waals surface area (Å²) >= 11 is 0. The summed E-state index contributed by atoms with van der Waals surface area (Å²) in [5, 5.41) is 0. The summed E-state index contributed by atoms with van der Waals surface area (Å²) in [6, 6.07) is 6.31. The topological polar surface area (TPSA) is 46.3 Å². The van der Waals surface area contributed by atoms with Crippen molar-refractivity contribution in [2.24, 2.45) is 11.1 Å². The largest absolute Gasteiger partial charge is 0.338 e. The molecule has 0 atom stereocenters. The Bertz CT molecular complexity index is 424. The molecule has 0 unspecified atom stereocenters. The van der Waals surface area contributed by atoms with Gasteiger partial charge in [-0.25, -0.2) is 4.39 Å². The third-order valence-electron chi connectivity index (χ3n) is 3.02. The van der Waals surface area contributed by atoms with Crippen LogP contribution in [0, 0.1) is 11.2 Å². The SMILES string of the molecule is CCN(Cc1cccc(F)c1)C(=O)C(C)(C)CN.Cl. The summed E-state index contributed by atoms with van der Waals surface area (Å²) in [5.41, 5.74) is 5.82. The molecule has 0 aliphatic rings. The average molecular weight is 289 g/mol. The molecule has 108 valence electrons. The number of carbonyl (C=O) groups is 1. The van der Waals surface area contributed by atoms with E-state index in [-0.39, 0.29) is 24.1 Å². The van der Waals surface area contributed by atoms with Gasteiger partial charge in [-0.1, -0.05) is 12.1 Å². The predicted molar refractivity (Wildman–Crippen MR) is 77.6 cm³/mol. The molecule has 0 aromatic heterocycles. The van der Waals surface area contributed by atoms with Gasteiger partial charge < -0.3 is 10.6 Å². The van der Waals surface area contributed by atoms with E-state index in [1.807, 2.05) is 26.8 Å². The van der Waals surface area contributed by atoms with Crippen LogP contribution in [0.2, 0.25) is 0 Å². The van der Waals surface area contributed by atoms with E-state index in [0.717, 1.165) is 5.56 Å². The average Bonchev–Trinajstić information content (AvgIpc) is 2.35. The van der Waals surface area contributed by atoms with Crippen LogP contribution in [0.5, 0.6) is 0 Å². The Morgan fingerprint density at radius 3 is 2.53 bits per heavy atom. The zero-order valence-corrected chi connectivity index (χ0v) is 12.5. The first kappa shape index (κ1) is 17.9. The van der Waals surface area contributed by atoms with Crippen molar-refractivity contribution in [1.29, 1.82) is 0 Å². The minimum atomic E-state index is -0.580. The first-order valence-corrected chi connectivity index (χ1v) is 6.14. The summed E-state index contributed by atoms with van der Waals surface area (Å²) in [6.45, 7) is 6.84. The minimum absolute atomic E-state index is 0. The first-order valence-electron chi connectivity index (χ1n) is 6.14. The van der Waals surface area contributed by atoms with Gasteiger partial charge >= 0.3 is 0 Å². The number of nitrogens with two attached hydrogens (primary N) is 1. The fraction of sp³-hybridized carbons (Fsp3) is 0.500. The second-order valence-electron chi connectivity index (χ2n) is 5.04. The summed E-state index contributed by atoms with van der Waals surface area (Å²) in [6.07, 6.45) is 0. The quantitative estimate of drug-likeness (QED) is 0.905. The normalized spacial score (nSPS) is 10.8. The molecule has 1 amide bonds. The van der Waals surface area contributed by atoms with Crippen molar-refractivity contribution in [2.45, 2.75) is 27.3 Å². The Morgan fingerprint density at radius 2 is 2.05 bits per heavy atom. The highest BCUT2D eigenvalue weighted by molar-refractivity contribution is 5.85. The van der Waals surface area contributed by atoms with E-state index >= 15 is 0 Å². The minimum Gasteiger partial charge on any atom is -0.338 e. The van der Waals surface area contributed by atoms with Gasteiger partial charge in [0.15, 0.2) is 0 Å². The van der Waals surface area contributed by atoms with Crippen molar-refractivity contribution >= 4 is 18.3 Å². The van der Waals surface area contributed by atoms with Crippen LogP contribution < -0.4 is 5.73 Å². The van der Waals surface area contributed by atoms with Gasteiger partial charge in [0.1, 0.15) is 5.82 Å². The zero-order valence-electron chi connectivity index (χ0n) is 11.6. The number of hydrogen-bond donors (Lipinski definition) is 1. The maximum Gasteiger partial charge on any atom is 0.229 e. The molecule has 0 aliphatic heterocycles. The number of carbonyl (C=O) groups excluding carboxylic acids is 1. The molecule has 0 fully saturated rings. The Labute approximate surface area is 120 Å². The maximum absolute atomic E-state index is 13.1. The Balaban J connectivity index is 0.00000324. The lowest BCUT2D eigenvalue weighted by molar-refractivity contribution is -0.140. The van der Waals surface area contributed by atoms with Crippen LogP contribution >= 0.6 is 12.4 Å². The van der Waals surface area contributed by atoms with Crippen LogP contribution in [-0.4, -0.2) is 23.9 Å². The van der Waals surface area contributed by atoms with Gasteiger partial charge in [0.2, 0.25) is 5.91 Å². The number of rotatable bonds is 5. The molecule has 0 saturated heterocycles. The van der Waals surface area contributed by atoms with E-state index in [9.17, 15) is 9.18 Å². The van der Waals surface area contributed by atoms with Crippen LogP contribution in [0.1, 0.15) is 26.3 Å². The molecule has 1 aromatic carbocycles. The molecule has 0 bridgehead atoms. The van der Waals surface area contributed by atoms with Gasteiger partial charge in [-0.05, 0) is 38.5 Å². The molecule has 0 aliphatic carbocycles. The predicted octanol–water partition coefficient (Wildman–Crippen LogP) is 2.58. The molecule has 3 nitrogen and oxygen atoms in total. The molecule has 0 spiro atoms. The van der Waals surface area contributed by atoms with E-state index in [4.69, 9.17) is 5.73 Å². The molecule has 19 heavy (non-hydrogen) atoms. The molecule has 0 radical (unpaired) electrons. The van der Waals surface area contributed by atoms with E-state index < -0.39 is 5.41 Å². The molecule has 0 heterocycles. The monoisotopic (exact) mass is 288 g/mol. The highest BCUT2D eigenvalue weighted by Gasteiger charge is 2.29. The Morgan fingerprint density at radius 1 is 1.42 bits per heavy atom. The lowest BCUT2D eigenvalue weighted by Gasteiger charge is -2.30. The van der Waals surface area contributed by atoms with Crippen molar-refractivity contribution in [3.63, 3.8) is 0 Å². The fourth-order valence-electron chi connectivity index (χ4n) is 1.70. The van der Waals surface area contributed by atoms with E-state index in [1.54, 1.807) is 11.0 Å². The second-order valence-corrected chi connectivity index (χ2v) is 5.04. The molecular weight excluding hydrogens is 267 g/mol. The van der Waals surface area contributed by atoms with Crippen LogP contribution in [0.3, 0.4) is 0 Å². The van der Waals surface area contributed by atoms with Crippen molar-refractivity contribution in [2.75, 3.05) is 13.1 Å². The van der Waals surface area contributed by atoms with E-state index in [2.05, 4.69) is 0 Å². The zero-order chi connectivity index (χ0) is 13.8. The smallest absolute Gasteiger partial charge is 0.229 e. The standard InChI is InChI=1S/C14H21FN2O.ClH/c1-4-17(13(18)14(2,3)10-16)9-11-6-5-7-12(15)8-11;/h5-8H,4,9-10,16H2,1-3H3;1H. The number of hydrogen-bond acceptors (Lipinski definition) is 2. The maximum atomic E-state index is 13.1. The van der Waals surface area contributed by atoms with Crippen LogP contribution in [-0.2, 0) is 11.3 Å². The Hall–Kier alpha value is -1.13. The van der Waals surface area contributed by atoms with Crippen LogP contribution in [0.25, 0.3) is 0 Å². The molecular formula is C14H22ClFN2O. The van der Waals surface area contributed by atoms with E-state index in [1.165, 1.54) is 12.1 Å². The van der Waals surface area contributed by atoms with E-state index in [0.29, 0.717) is 19.6 Å². The third-order valence-corrected chi connectivity index (χ3v) is 3.02. The fourth-order valence-corrected chi connectivity index (χ4v) is 1.70. The molecule has 1 aromatic rings.